The Labute approximate surface area is 110 Å². The van der Waals surface area contributed by atoms with Crippen LogP contribution >= 0.6 is 0 Å². The Hall–Kier alpha value is -2.64. The van der Waals surface area contributed by atoms with Gasteiger partial charge in [0.2, 0.25) is 0 Å². The highest BCUT2D eigenvalue weighted by molar-refractivity contribution is 6.14. The SMILES string of the molecule is O=C(NN1C(=O)C=CC1=O)c1ccc(C(F)(F)F)cc1. The number of hydrazine groups is 1. The maximum absolute atomic E-state index is 12.3. The quantitative estimate of drug-likeness (QED) is 0.832. The van der Waals surface area contributed by atoms with Crippen LogP contribution in [0, 0.1) is 0 Å². The third-order valence-electron chi connectivity index (χ3n) is 2.50. The molecule has 1 aromatic rings. The standard InChI is InChI=1S/C12H7F3N2O3/c13-12(14,15)8-3-1-7(2-4-8)11(20)16-17-9(18)5-6-10(17)19/h1-6H,(H,16,20). The number of nitrogens with zero attached hydrogens (tertiary/aromatic N) is 1. The molecular weight excluding hydrogens is 277 g/mol. The fraction of sp³-hybridized carbons (Fsp3) is 0.0833. The molecule has 0 saturated carbocycles. The smallest absolute Gasteiger partial charge is 0.267 e. The summed E-state index contributed by atoms with van der Waals surface area (Å²) in [6.07, 6.45) is -2.56. The van der Waals surface area contributed by atoms with Gasteiger partial charge in [0.15, 0.2) is 0 Å². The average Bonchev–Trinajstić information content (AvgIpc) is 2.69. The number of carbonyl (C=O) groups is 3. The molecule has 0 atom stereocenters. The van der Waals surface area contributed by atoms with Crippen molar-refractivity contribution in [2.45, 2.75) is 6.18 Å². The molecule has 0 fully saturated rings. The molecule has 2 rings (SSSR count). The van der Waals surface area contributed by atoms with Crippen molar-refractivity contribution in [2.75, 3.05) is 0 Å². The summed E-state index contributed by atoms with van der Waals surface area (Å²) in [4.78, 5) is 34.1. The highest BCUT2D eigenvalue weighted by atomic mass is 19.4. The number of imide groups is 1. The summed E-state index contributed by atoms with van der Waals surface area (Å²) in [7, 11) is 0. The van der Waals surface area contributed by atoms with Gasteiger partial charge in [-0.25, -0.2) is 0 Å². The highest BCUT2D eigenvalue weighted by Gasteiger charge is 2.30. The van der Waals surface area contributed by atoms with Crippen molar-refractivity contribution in [3.63, 3.8) is 0 Å². The van der Waals surface area contributed by atoms with Crippen LogP contribution in [0.1, 0.15) is 15.9 Å². The van der Waals surface area contributed by atoms with Crippen LogP contribution in [0.3, 0.4) is 0 Å². The van der Waals surface area contributed by atoms with E-state index >= 15 is 0 Å². The van der Waals surface area contributed by atoms with E-state index in [1.165, 1.54) is 0 Å². The maximum Gasteiger partial charge on any atom is 0.416 e. The molecule has 0 aromatic heterocycles. The number of rotatable bonds is 2. The van der Waals surface area contributed by atoms with Crippen LogP contribution < -0.4 is 5.43 Å². The first-order valence-corrected chi connectivity index (χ1v) is 5.33. The molecule has 1 aliphatic heterocycles. The van der Waals surface area contributed by atoms with Gasteiger partial charge in [-0.1, -0.05) is 0 Å². The molecule has 5 nitrogen and oxygen atoms in total. The van der Waals surface area contributed by atoms with Gasteiger partial charge in [0.25, 0.3) is 17.7 Å². The third-order valence-corrected chi connectivity index (χ3v) is 2.50. The minimum Gasteiger partial charge on any atom is -0.267 e. The van der Waals surface area contributed by atoms with Gasteiger partial charge < -0.3 is 0 Å². The number of nitrogens with one attached hydrogen (secondary N) is 1. The lowest BCUT2D eigenvalue weighted by Crippen LogP contribution is -2.46. The first-order valence-electron chi connectivity index (χ1n) is 5.33. The zero-order valence-electron chi connectivity index (χ0n) is 9.77. The Morgan fingerprint density at radius 1 is 1.00 bits per heavy atom. The largest absolute Gasteiger partial charge is 0.416 e. The minimum atomic E-state index is -4.50. The van der Waals surface area contributed by atoms with Gasteiger partial charge in [-0.05, 0) is 24.3 Å². The van der Waals surface area contributed by atoms with E-state index in [4.69, 9.17) is 0 Å². The lowest BCUT2D eigenvalue weighted by Gasteiger charge is -2.15. The van der Waals surface area contributed by atoms with Crippen LogP contribution in [0.4, 0.5) is 13.2 Å². The maximum atomic E-state index is 12.3. The van der Waals surface area contributed by atoms with Crippen molar-refractivity contribution in [3.05, 3.63) is 47.5 Å². The number of hydrogen-bond donors (Lipinski definition) is 1. The van der Waals surface area contributed by atoms with Crippen molar-refractivity contribution in [3.8, 4) is 0 Å². The summed E-state index contributed by atoms with van der Waals surface area (Å²) < 4.78 is 37.0. The molecule has 1 aliphatic rings. The fourth-order valence-corrected chi connectivity index (χ4v) is 1.49. The summed E-state index contributed by atoms with van der Waals surface area (Å²) in [6, 6.07) is 3.38. The number of halogens is 3. The number of benzene rings is 1. The van der Waals surface area contributed by atoms with E-state index in [1.54, 1.807) is 0 Å². The summed E-state index contributed by atoms with van der Waals surface area (Å²) >= 11 is 0. The molecule has 1 heterocycles. The molecule has 0 spiro atoms. The minimum absolute atomic E-state index is 0.106. The molecule has 0 unspecified atom stereocenters. The summed E-state index contributed by atoms with van der Waals surface area (Å²) in [5, 5.41) is 0.472. The van der Waals surface area contributed by atoms with Crippen molar-refractivity contribution < 1.29 is 27.6 Å². The molecule has 104 valence electrons. The molecule has 0 bridgehead atoms. The topological polar surface area (TPSA) is 66.5 Å². The molecule has 1 aromatic carbocycles. The molecule has 3 amide bonds. The number of amides is 3. The molecule has 20 heavy (non-hydrogen) atoms. The lowest BCUT2D eigenvalue weighted by atomic mass is 10.1. The van der Waals surface area contributed by atoms with Gasteiger partial charge in [0.05, 0.1) is 5.56 Å². The highest BCUT2D eigenvalue weighted by Crippen LogP contribution is 2.29. The van der Waals surface area contributed by atoms with Crippen LogP contribution in [-0.4, -0.2) is 22.7 Å². The van der Waals surface area contributed by atoms with Crippen molar-refractivity contribution in [1.29, 1.82) is 0 Å². The zero-order valence-corrected chi connectivity index (χ0v) is 9.77. The molecule has 0 radical (unpaired) electrons. The molecular formula is C12H7F3N2O3. The van der Waals surface area contributed by atoms with Crippen LogP contribution in [0.15, 0.2) is 36.4 Å². The van der Waals surface area contributed by atoms with E-state index < -0.39 is 29.5 Å². The second-order valence-corrected chi connectivity index (χ2v) is 3.86. The average molecular weight is 284 g/mol. The predicted octanol–water partition coefficient (Wildman–Crippen LogP) is 1.28. The van der Waals surface area contributed by atoms with Crippen LogP contribution in [0.2, 0.25) is 0 Å². The molecule has 8 heteroatoms. The molecule has 0 aliphatic carbocycles. The fourth-order valence-electron chi connectivity index (χ4n) is 1.49. The van der Waals surface area contributed by atoms with Crippen molar-refractivity contribution in [1.82, 2.24) is 10.4 Å². The Kier molecular flexibility index (Phi) is 3.31. The van der Waals surface area contributed by atoms with Gasteiger partial charge in [-0.15, -0.1) is 0 Å². The first kappa shape index (κ1) is 13.8. The second-order valence-electron chi connectivity index (χ2n) is 3.86. The van der Waals surface area contributed by atoms with E-state index in [1.807, 2.05) is 5.43 Å². The Balaban J connectivity index is 2.11. The van der Waals surface area contributed by atoms with E-state index in [0.29, 0.717) is 5.01 Å². The van der Waals surface area contributed by atoms with E-state index in [9.17, 15) is 27.6 Å². The van der Waals surface area contributed by atoms with Crippen LogP contribution in [0.5, 0.6) is 0 Å². The molecule has 0 saturated heterocycles. The van der Waals surface area contributed by atoms with Crippen molar-refractivity contribution in [2.24, 2.45) is 0 Å². The van der Waals surface area contributed by atoms with E-state index in [-0.39, 0.29) is 5.56 Å². The summed E-state index contributed by atoms with van der Waals surface area (Å²) in [5.41, 5.74) is 0.999. The third kappa shape index (κ3) is 2.68. The Morgan fingerprint density at radius 3 is 1.95 bits per heavy atom. The first-order chi connectivity index (χ1) is 9.29. The Morgan fingerprint density at radius 2 is 1.50 bits per heavy atom. The number of hydrogen-bond acceptors (Lipinski definition) is 3. The van der Waals surface area contributed by atoms with Gasteiger partial charge in [0.1, 0.15) is 0 Å². The van der Waals surface area contributed by atoms with Gasteiger partial charge in [-0.3, -0.25) is 19.8 Å². The van der Waals surface area contributed by atoms with E-state index in [2.05, 4.69) is 0 Å². The number of alkyl halides is 3. The second kappa shape index (κ2) is 4.80. The van der Waals surface area contributed by atoms with Gasteiger partial charge >= 0.3 is 6.18 Å². The summed E-state index contributed by atoms with van der Waals surface area (Å²) in [6.45, 7) is 0. The van der Waals surface area contributed by atoms with Crippen molar-refractivity contribution >= 4 is 17.7 Å². The van der Waals surface area contributed by atoms with Crippen LogP contribution in [0.25, 0.3) is 0 Å². The van der Waals surface area contributed by atoms with Gasteiger partial charge in [-0.2, -0.15) is 18.2 Å². The van der Waals surface area contributed by atoms with E-state index in [0.717, 1.165) is 36.4 Å². The molecule has 1 N–H and O–H groups in total. The zero-order chi connectivity index (χ0) is 14.9. The monoisotopic (exact) mass is 284 g/mol. The van der Waals surface area contributed by atoms with Crippen LogP contribution in [-0.2, 0) is 15.8 Å². The normalized spacial score (nSPS) is 14.8. The van der Waals surface area contributed by atoms with Gasteiger partial charge in [0, 0.05) is 17.7 Å². The lowest BCUT2D eigenvalue weighted by molar-refractivity contribution is -0.139. The summed E-state index contributed by atoms with van der Waals surface area (Å²) in [5.74, 6) is -2.31. The Bertz CT molecular complexity index is 587. The number of carbonyl (C=O) groups excluding carboxylic acids is 3. The predicted molar refractivity (Wildman–Crippen MR) is 59.9 cm³/mol.